The molecule has 1 heterocycles. The molecular formula is C17H13ClN2S. The van der Waals surface area contributed by atoms with Crippen molar-refractivity contribution in [1.29, 1.82) is 0 Å². The summed E-state index contributed by atoms with van der Waals surface area (Å²) in [4.78, 5) is 0. The summed E-state index contributed by atoms with van der Waals surface area (Å²) in [6.45, 7) is 0. The summed E-state index contributed by atoms with van der Waals surface area (Å²) in [7, 11) is 0. The van der Waals surface area contributed by atoms with Crippen LogP contribution < -0.4 is 0 Å². The molecule has 1 aromatic heterocycles. The molecule has 1 aliphatic rings. The molecule has 0 fully saturated rings. The molecule has 0 saturated carbocycles. The predicted octanol–water partition coefficient (Wildman–Crippen LogP) is 4.55. The molecule has 4 heteroatoms. The summed E-state index contributed by atoms with van der Waals surface area (Å²) in [5.74, 6) is 0.395. The Balaban J connectivity index is 1.60. The molecule has 0 radical (unpaired) electrons. The number of benzene rings is 2. The molecule has 0 aliphatic heterocycles. The van der Waals surface area contributed by atoms with E-state index in [1.54, 1.807) is 11.3 Å². The van der Waals surface area contributed by atoms with Gasteiger partial charge in [-0.25, -0.2) is 0 Å². The zero-order valence-electron chi connectivity index (χ0n) is 11.2. The maximum Gasteiger partial charge on any atom is 0.139 e. The van der Waals surface area contributed by atoms with E-state index in [2.05, 4.69) is 34.5 Å². The van der Waals surface area contributed by atoms with Crippen molar-refractivity contribution in [2.75, 3.05) is 0 Å². The molecule has 0 N–H and O–H groups in total. The normalized spacial score (nSPS) is 17.9. The van der Waals surface area contributed by atoms with Crippen LogP contribution in [0.4, 0.5) is 0 Å². The molecule has 0 bridgehead atoms. The van der Waals surface area contributed by atoms with Gasteiger partial charge in [0.15, 0.2) is 0 Å². The number of aromatic nitrogens is 2. The van der Waals surface area contributed by atoms with Crippen LogP contribution in [0.5, 0.6) is 0 Å². The Morgan fingerprint density at radius 1 is 1.00 bits per heavy atom. The van der Waals surface area contributed by atoms with Crippen molar-refractivity contribution in [3.05, 3.63) is 81.3 Å². The Labute approximate surface area is 132 Å². The number of hydrogen-bond donors (Lipinski definition) is 0. The number of hydrogen-bond acceptors (Lipinski definition) is 3. The van der Waals surface area contributed by atoms with Gasteiger partial charge in [0, 0.05) is 5.92 Å². The van der Waals surface area contributed by atoms with Crippen LogP contribution in [0, 0.1) is 0 Å². The summed E-state index contributed by atoms with van der Waals surface area (Å²) in [5.41, 5.74) is 3.87. The number of alkyl halides is 1. The van der Waals surface area contributed by atoms with Crippen molar-refractivity contribution in [1.82, 2.24) is 10.2 Å². The monoisotopic (exact) mass is 312 g/mol. The average Bonchev–Trinajstić information content (AvgIpc) is 2.98. The molecule has 0 spiro atoms. The number of fused-ring (bicyclic) bond motifs is 1. The van der Waals surface area contributed by atoms with Gasteiger partial charge in [0.2, 0.25) is 0 Å². The first-order chi connectivity index (χ1) is 10.3. The summed E-state index contributed by atoms with van der Waals surface area (Å²) < 4.78 is 0. The lowest BCUT2D eigenvalue weighted by molar-refractivity contribution is 0.691. The van der Waals surface area contributed by atoms with Crippen LogP contribution in [-0.4, -0.2) is 10.2 Å². The third-order valence-corrected chi connectivity index (χ3v) is 5.61. The Hall–Kier alpha value is -1.71. The predicted molar refractivity (Wildman–Crippen MR) is 86.0 cm³/mol. The average molecular weight is 313 g/mol. The Morgan fingerprint density at radius 3 is 2.57 bits per heavy atom. The van der Waals surface area contributed by atoms with Crippen LogP contribution >= 0.6 is 22.9 Å². The van der Waals surface area contributed by atoms with E-state index < -0.39 is 0 Å². The molecule has 0 saturated heterocycles. The second-order valence-electron chi connectivity index (χ2n) is 5.21. The molecule has 2 aromatic carbocycles. The van der Waals surface area contributed by atoms with Crippen molar-refractivity contribution in [3.8, 4) is 0 Å². The van der Waals surface area contributed by atoms with Gasteiger partial charge in [0.1, 0.15) is 15.4 Å². The van der Waals surface area contributed by atoms with E-state index in [1.807, 2.05) is 30.3 Å². The van der Waals surface area contributed by atoms with Crippen LogP contribution in [0.2, 0.25) is 0 Å². The van der Waals surface area contributed by atoms with Crippen LogP contribution in [0.25, 0.3) is 0 Å². The van der Waals surface area contributed by atoms with Gasteiger partial charge in [-0.15, -0.1) is 21.8 Å². The van der Waals surface area contributed by atoms with Crippen molar-refractivity contribution < 1.29 is 0 Å². The number of halogens is 1. The SMILES string of the molecule is ClC(c1ccccc1)c1nnc(C2Cc3ccccc32)s1. The molecule has 2 nitrogen and oxygen atoms in total. The zero-order chi connectivity index (χ0) is 14.2. The van der Waals surface area contributed by atoms with Gasteiger partial charge in [-0.2, -0.15) is 0 Å². The minimum atomic E-state index is -0.215. The molecule has 1 aliphatic carbocycles. The second kappa shape index (κ2) is 5.24. The van der Waals surface area contributed by atoms with Gasteiger partial charge >= 0.3 is 0 Å². The fourth-order valence-corrected chi connectivity index (χ4v) is 4.03. The summed E-state index contributed by atoms with van der Waals surface area (Å²) in [6.07, 6.45) is 1.06. The van der Waals surface area contributed by atoms with Crippen LogP contribution in [0.15, 0.2) is 54.6 Å². The van der Waals surface area contributed by atoms with Crippen LogP contribution in [0.3, 0.4) is 0 Å². The highest BCUT2D eigenvalue weighted by Crippen LogP contribution is 2.42. The number of rotatable bonds is 3. The van der Waals surface area contributed by atoms with Crippen molar-refractivity contribution >= 4 is 22.9 Å². The Bertz CT molecular complexity index is 753. The molecule has 3 aromatic rings. The Kier molecular flexibility index (Phi) is 3.24. The first-order valence-corrected chi connectivity index (χ1v) is 8.18. The number of nitrogens with zero attached hydrogens (tertiary/aromatic N) is 2. The summed E-state index contributed by atoms with van der Waals surface area (Å²) in [5, 5.41) is 10.4. The molecule has 4 rings (SSSR count). The zero-order valence-corrected chi connectivity index (χ0v) is 12.8. The molecule has 21 heavy (non-hydrogen) atoms. The van der Waals surface area contributed by atoms with E-state index in [1.165, 1.54) is 11.1 Å². The maximum absolute atomic E-state index is 6.52. The maximum atomic E-state index is 6.52. The molecule has 104 valence electrons. The third kappa shape index (κ3) is 2.27. The lowest BCUT2D eigenvalue weighted by Crippen LogP contribution is -2.17. The first-order valence-electron chi connectivity index (χ1n) is 6.93. The standard InChI is InChI=1S/C17H13ClN2S/c18-15(11-6-2-1-3-7-11)17-20-19-16(21-17)14-10-12-8-4-5-9-13(12)14/h1-9,14-15H,10H2. The lowest BCUT2D eigenvalue weighted by atomic mass is 9.78. The molecule has 0 amide bonds. The molecule has 2 atom stereocenters. The molecule has 2 unspecified atom stereocenters. The minimum Gasteiger partial charge on any atom is -0.143 e. The second-order valence-corrected chi connectivity index (χ2v) is 6.68. The minimum absolute atomic E-state index is 0.215. The highest BCUT2D eigenvalue weighted by molar-refractivity contribution is 7.11. The van der Waals surface area contributed by atoms with Crippen molar-refractivity contribution in [2.45, 2.75) is 17.7 Å². The van der Waals surface area contributed by atoms with E-state index in [-0.39, 0.29) is 5.38 Å². The van der Waals surface area contributed by atoms with E-state index in [0.29, 0.717) is 5.92 Å². The van der Waals surface area contributed by atoms with Gasteiger partial charge in [0.05, 0.1) is 0 Å². The van der Waals surface area contributed by atoms with Crippen molar-refractivity contribution in [2.24, 2.45) is 0 Å². The fourth-order valence-electron chi connectivity index (χ4n) is 2.73. The lowest BCUT2D eigenvalue weighted by Gasteiger charge is -2.27. The van der Waals surface area contributed by atoms with Gasteiger partial charge in [-0.05, 0) is 23.1 Å². The highest BCUT2D eigenvalue weighted by atomic mass is 35.5. The largest absolute Gasteiger partial charge is 0.143 e. The van der Waals surface area contributed by atoms with E-state index in [0.717, 1.165) is 22.0 Å². The summed E-state index contributed by atoms with van der Waals surface area (Å²) in [6, 6.07) is 18.6. The third-order valence-electron chi connectivity index (χ3n) is 3.92. The topological polar surface area (TPSA) is 25.8 Å². The Morgan fingerprint density at radius 2 is 1.76 bits per heavy atom. The smallest absolute Gasteiger partial charge is 0.139 e. The van der Waals surface area contributed by atoms with Gasteiger partial charge in [0.25, 0.3) is 0 Å². The van der Waals surface area contributed by atoms with E-state index in [9.17, 15) is 0 Å². The summed E-state index contributed by atoms with van der Waals surface area (Å²) >= 11 is 8.15. The van der Waals surface area contributed by atoms with Crippen LogP contribution in [-0.2, 0) is 6.42 Å². The van der Waals surface area contributed by atoms with Gasteiger partial charge < -0.3 is 0 Å². The van der Waals surface area contributed by atoms with E-state index in [4.69, 9.17) is 11.6 Å². The van der Waals surface area contributed by atoms with Crippen LogP contribution in [0.1, 0.15) is 38.0 Å². The highest BCUT2D eigenvalue weighted by Gasteiger charge is 2.30. The van der Waals surface area contributed by atoms with Gasteiger partial charge in [-0.1, -0.05) is 65.9 Å². The van der Waals surface area contributed by atoms with Crippen molar-refractivity contribution in [3.63, 3.8) is 0 Å². The van der Waals surface area contributed by atoms with E-state index >= 15 is 0 Å². The fraction of sp³-hybridized carbons (Fsp3) is 0.176. The first kappa shape index (κ1) is 13.0. The quantitative estimate of drug-likeness (QED) is 0.663. The van der Waals surface area contributed by atoms with Gasteiger partial charge in [-0.3, -0.25) is 0 Å². The molecular weight excluding hydrogens is 300 g/mol.